The number of carbonyl (C=O) groups excluding carboxylic acids is 1. The molecule has 1 amide bonds. The summed E-state index contributed by atoms with van der Waals surface area (Å²) >= 11 is 0. The van der Waals surface area contributed by atoms with Gasteiger partial charge in [-0.3, -0.25) is 4.79 Å². The second-order valence-electron chi connectivity index (χ2n) is 5.75. The first-order valence-electron chi connectivity index (χ1n) is 6.97. The summed E-state index contributed by atoms with van der Waals surface area (Å²) in [5.74, 6) is 0.360. The van der Waals surface area contributed by atoms with Crippen molar-refractivity contribution < 1.29 is 13.2 Å². The van der Waals surface area contributed by atoms with Crippen LogP contribution in [0.25, 0.3) is 0 Å². The summed E-state index contributed by atoms with van der Waals surface area (Å²) in [6.45, 7) is 5.85. The molecule has 0 aromatic heterocycles. The molecule has 0 radical (unpaired) electrons. The van der Waals surface area contributed by atoms with Crippen molar-refractivity contribution in [2.45, 2.75) is 38.5 Å². The third-order valence-corrected chi connectivity index (χ3v) is 5.14. The van der Waals surface area contributed by atoms with Gasteiger partial charge in [0.05, 0.1) is 4.90 Å². The molecule has 0 fully saturated rings. The Bertz CT molecular complexity index is 607. The number of carbonyl (C=O) groups is 1. The molecule has 0 unspecified atom stereocenters. The molecule has 1 rings (SSSR count). The number of benzene rings is 1. The van der Waals surface area contributed by atoms with Crippen LogP contribution in [0.15, 0.2) is 23.1 Å². The maximum atomic E-state index is 12.2. The van der Waals surface area contributed by atoms with Crippen LogP contribution in [0.5, 0.6) is 0 Å². The molecule has 6 heteroatoms. The van der Waals surface area contributed by atoms with Crippen molar-refractivity contribution in [3.8, 4) is 0 Å². The molecule has 0 heterocycles. The molecule has 0 bridgehead atoms. The monoisotopic (exact) mass is 312 g/mol. The molecule has 0 spiro atoms. The first-order valence-corrected chi connectivity index (χ1v) is 8.41. The number of nitrogens with one attached hydrogen (secondary N) is 1. The van der Waals surface area contributed by atoms with Crippen LogP contribution >= 0.6 is 0 Å². The maximum Gasteiger partial charge on any atom is 0.242 e. The Balaban J connectivity index is 2.95. The molecule has 21 heavy (non-hydrogen) atoms. The van der Waals surface area contributed by atoms with Crippen LogP contribution in [0.1, 0.15) is 32.3 Å². The van der Waals surface area contributed by atoms with Gasteiger partial charge in [-0.05, 0) is 37.0 Å². The van der Waals surface area contributed by atoms with E-state index in [-0.39, 0.29) is 10.8 Å². The lowest BCUT2D eigenvalue weighted by Gasteiger charge is -2.15. The highest BCUT2D eigenvalue weighted by Crippen LogP contribution is 2.22. The van der Waals surface area contributed by atoms with E-state index < -0.39 is 10.0 Å². The van der Waals surface area contributed by atoms with Crippen LogP contribution < -0.4 is 5.32 Å². The largest absolute Gasteiger partial charge is 0.326 e. The van der Waals surface area contributed by atoms with Crippen LogP contribution in [0.3, 0.4) is 0 Å². The normalized spacial score (nSPS) is 12.0. The first-order chi connectivity index (χ1) is 9.64. The molecular formula is C15H24N2O3S. The number of aryl methyl sites for hydroxylation is 1. The summed E-state index contributed by atoms with van der Waals surface area (Å²) in [5, 5.41) is 2.75. The number of hydrogen-bond donors (Lipinski definition) is 1. The molecule has 118 valence electrons. The van der Waals surface area contributed by atoms with E-state index in [1.165, 1.54) is 24.5 Å². The number of sulfonamides is 1. The van der Waals surface area contributed by atoms with Gasteiger partial charge in [-0.1, -0.05) is 19.9 Å². The van der Waals surface area contributed by atoms with E-state index in [0.717, 1.165) is 6.42 Å². The molecule has 0 aliphatic carbocycles. The second kappa shape index (κ2) is 7.04. The number of anilines is 1. The van der Waals surface area contributed by atoms with Crippen LogP contribution in [-0.4, -0.2) is 32.7 Å². The van der Waals surface area contributed by atoms with Gasteiger partial charge in [0, 0.05) is 26.2 Å². The number of hydrogen-bond acceptors (Lipinski definition) is 3. The predicted octanol–water partition coefficient (Wildman–Crippen LogP) is 2.62. The number of nitrogens with zero attached hydrogens (tertiary/aromatic N) is 1. The smallest absolute Gasteiger partial charge is 0.242 e. The van der Waals surface area contributed by atoms with Crippen molar-refractivity contribution in [2.75, 3.05) is 19.4 Å². The third kappa shape index (κ3) is 4.82. The molecule has 0 saturated heterocycles. The van der Waals surface area contributed by atoms with Gasteiger partial charge in [0.1, 0.15) is 0 Å². The Morgan fingerprint density at radius 1 is 1.29 bits per heavy atom. The zero-order valence-electron chi connectivity index (χ0n) is 13.3. The summed E-state index contributed by atoms with van der Waals surface area (Å²) in [6, 6.07) is 4.93. The topological polar surface area (TPSA) is 66.5 Å². The number of amides is 1. The van der Waals surface area contributed by atoms with Gasteiger partial charge in [0.2, 0.25) is 15.9 Å². The lowest BCUT2D eigenvalue weighted by Crippen LogP contribution is -2.23. The van der Waals surface area contributed by atoms with Gasteiger partial charge in [-0.2, -0.15) is 0 Å². The standard InChI is InChI=1S/C15H24N2O3S/c1-11(2)6-9-15(18)16-13-8-7-12(3)14(10-13)21(19,20)17(4)5/h7-8,10-11H,6,9H2,1-5H3,(H,16,18). The number of rotatable bonds is 6. The maximum absolute atomic E-state index is 12.2. The van der Waals surface area contributed by atoms with Gasteiger partial charge >= 0.3 is 0 Å². The Morgan fingerprint density at radius 2 is 1.90 bits per heavy atom. The van der Waals surface area contributed by atoms with E-state index in [0.29, 0.717) is 23.6 Å². The lowest BCUT2D eigenvalue weighted by atomic mass is 10.1. The fourth-order valence-corrected chi connectivity index (χ4v) is 2.94. The second-order valence-corrected chi connectivity index (χ2v) is 7.87. The zero-order chi connectivity index (χ0) is 16.2. The van der Waals surface area contributed by atoms with Crippen molar-refractivity contribution >= 4 is 21.6 Å². The summed E-state index contributed by atoms with van der Waals surface area (Å²) in [6.07, 6.45) is 1.24. The van der Waals surface area contributed by atoms with Gasteiger partial charge < -0.3 is 5.32 Å². The predicted molar refractivity (Wildman–Crippen MR) is 84.8 cm³/mol. The minimum atomic E-state index is -3.51. The molecule has 1 N–H and O–H groups in total. The highest BCUT2D eigenvalue weighted by molar-refractivity contribution is 7.89. The minimum absolute atomic E-state index is 0.0965. The van der Waals surface area contributed by atoms with E-state index in [1.807, 2.05) is 0 Å². The fourth-order valence-electron chi connectivity index (χ4n) is 1.80. The van der Waals surface area contributed by atoms with E-state index >= 15 is 0 Å². The van der Waals surface area contributed by atoms with E-state index in [2.05, 4.69) is 19.2 Å². The average Bonchev–Trinajstić information content (AvgIpc) is 2.38. The Hall–Kier alpha value is -1.40. The lowest BCUT2D eigenvalue weighted by molar-refractivity contribution is -0.116. The van der Waals surface area contributed by atoms with Crippen molar-refractivity contribution in [3.05, 3.63) is 23.8 Å². The molecule has 0 atom stereocenters. The molecule has 1 aromatic rings. The van der Waals surface area contributed by atoms with E-state index in [4.69, 9.17) is 0 Å². The van der Waals surface area contributed by atoms with Crippen LogP contribution in [0.4, 0.5) is 5.69 Å². The highest BCUT2D eigenvalue weighted by atomic mass is 32.2. The van der Waals surface area contributed by atoms with Gasteiger partial charge in [-0.15, -0.1) is 0 Å². The molecule has 5 nitrogen and oxygen atoms in total. The summed E-state index contributed by atoms with van der Waals surface area (Å²) in [5.41, 5.74) is 1.17. The SMILES string of the molecule is Cc1ccc(NC(=O)CCC(C)C)cc1S(=O)(=O)N(C)C. The Labute approximate surface area is 127 Å². The van der Waals surface area contributed by atoms with E-state index in [1.54, 1.807) is 19.1 Å². The Kier molecular flexibility index (Phi) is 5.92. The van der Waals surface area contributed by atoms with Crippen LogP contribution in [0.2, 0.25) is 0 Å². The summed E-state index contributed by atoms with van der Waals surface area (Å²) in [7, 11) is -0.532. The Morgan fingerprint density at radius 3 is 2.43 bits per heavy atom. The molecular weight excluding hydrogens is 288 g/mol. The van der Waals surface area contributed by atoms with Crippen molar-refractivity contribution in [1.29, 1.82) is 0 Å². The molecule has 0 saturated carbocycles. The first kappa shape index (κ1) is 17.7. The minimum Gasteiger partial charge on any atom is -0.326 e. The van der Waals surface area contributed by atoms with Gasteiger partial charge in [0.25, 0.3) is 0 Å². The molecule has 0 aliphatic rings. The van der Waals surface area contributed by atoms with Crippen LogP contribution in [-0.2, 0) is 14.8 Å². The zero-order valence-corrected chi connectivity index (χ0v) is 14.1. The molecule has 0 aliphatic heterocycles. The average molecular weight is 312 g/mol. The van der Waals surface area contributed by atoms with Gasteiger partial charge in [0.15, 0.2) is 0 Å². The van der Waals surface area contributed by atoms with Crippen molar-refractivity contribution in [3.63, 3.8) is 0 Å². The fraction of sp³-hybridized carbons (Fsp3) is 0.533. The van der Waals surface area contributed by atoms with E-state index in [9.17, 15) is 13.2 Å². The highest BCUT2D eigenvalue weighted by Gasteiger charge is 2.20. The summed E-state index contributed by atoms with van der Waals surface area (Å²) in [4.78, 5) is 12.0. The van der Waals surface area contributed by atoms with Crippen molar-refractivity contribution in [1.82, 2.24) is 4.31 Å². The molecule has 1 aromatic carbocycles. The summed E-state index contributed by atoms with van der Waals surface area (Å²) < 4.78 is 25.6. The quantitative estimate of drug-likeness (QED) is 0.878. The van der Waals surface area contributed by atoms with Gasteiger partial charge in [-0.25, -0.2) is 12.7 Å². The third-order valence-electron chi connectivity index (χ3n) is 3.18. The van der Waals surface area contributed by atoms with Crippen molar-refractivity contribution in [2.24, 2.45) is 5.92 Å². The van der Waals surface area contributed by atoms with Crippen LogP contribution in [0, 0.1) is 12.8 Å².